The molecule has 1 aromatic carbocycles. The molecule has 0 aliphatic heterocycles. The van der Waals surface area contributed by atoms with Crippen LogP contribution >= 0.6 is 0 Å². The molecule has 4 nitrogen and oxygen atoms in total. The van der Waals surface area contributed by atoms with E-state index in [4.69, 9.17) is 10.5 Å². The smallest absolute Gasteiger partial charge is 0.339 e. The van der Waals surface area contributed by atoms with Crippen LogP contribution in [0.5, 0.6) is 0 Å². The molecule has 0 bridgehead atoms. The van der Waals surface area contributed by atoms with E-state index in [1.54, 1.807) is 0 Å². The maximum atomic E-state index is 12.7. The Labute approximate surface area is 230 Å². The molecule has 5 rings (SSSR count). The van der Waals surface area contributed by atoms with Gasteiger partial charge in [0.15, 0.2) is 5.78 Å². The van der Waals surface area contributed by atoms with Gasteiger partial charge in [-0.05, 0) is 136 Å². The van der Waals surface area contributed by atoms with E-state index >= 15 is 0 Å². The number of ketones is 1. The zero-order valence-corrected chi connectivity index (χ0v) is 24.6. The van der Waals surface area contributed by atoms with E-state index in [2.05, 4.69) is 20.8 Å². The minimum absolute atomic E-state index is 0.0431. The van der Waals surface area contributed by atoms with E-state index in [9.17, 15) is 9.59 Å². The molecule has 0 amide bonds. The Morgan fingerprint density at radius 1 is 0.974 bits per heavy atom. The normalized spacial score (nSPS) is 39.0. The number of esters is 1. The number of carbonyl (C=O) groups is 2. The van der Waals surface area contributed by atoms with E-state index in [1.807, 2.05) is 32.0 Å². The molecule has 0 heterocycles. The molecular formula is C34H51NO3. The van der Waals surface area contributed by atoms with Crippen LogP contribution in [0.25, 0.3) is 0 Å². The number of rotatable bonds is 7. The predicted molar refractivity (Wildman–Crippen MR) is 153 cm³/mol. The van der Waals surface area contributed by atoms with Crippen LogP contribution in [0.2, 0.25) is 0 Å². The third-order valence-corrected chi connectivity index (χ3v) is 12.4. The topological polar surface area (TPSA) is 69.4 Å². The number of aryl methyl sites for hydroxylation is 2. The molecular weight excluding hydrogens is 470 g/mol. The van der Waals surface area contributed by atoms with E-state index < -0.39 is 0 Å². The Kier molecular flexibility index (Phi) is 7.86. The van der Waals surface area contributed by atoms with Crippen LogP contribution in [0.15, 0.2) is 18.2 Å². The van der Waals surface area contributed by atoms with Crippen LogP contribution in [0.4, 0.5) is 0 Å². The lowest BCUT2D eigenvalue weighted by molar-refractivity contribution is -0.123. The van der Waals surface area contributed by atoms with E-state index in [0.29, 0.717) is 40.7 Å². The van der Waals surface area contributed by atoms with Gasteiger partial charge in [0.1, 0.15) is 6.61 Å². The second kappa shape index (κ2) is 10.7. The maximum absolute atomic E-state index is 12.7. The van der Waals surface area contributed by atoms with Crippen LogP contribution in [-0.4, -0.2) is 24.4 Å². The molecule has 4 saturated carbocycles. The molecule has 4 heteroatoms. The number of fused-ring (bicyclic) bond motifs is 5. The largest absolute Gasteiger partial charge is 0.454 e. The lowest BCUT2D eigenvalue weighted by Gasteiger charge is -2.61. The van der Waals surface area contributed by atoms with E-state index in [0.717, 1.165) is 41.2 Å². The van der Waals surface area contributed by atoms with E-state index in [-0.39, 0.29) is 18.4 Å². The van der Waals surface area contributed by atoms with Gasteiger partial charge in [0.25, 0.3) is 0 Å². The fraction of sp³-hybridized carbons (Fsp3) is 0.765. The molecule has 0 spiro atoms. The Morgan fingerprint density at radius 2 is 1.66 bits per heavy atom. The monoisotopic (exact) mass is 521 g/mol. The van der Waals surface area contributed by atoms with Gasteiger partial charge in [-0.25, -0.2) is 4.79 Å². The molecule has 4 fully saturated rings. The highest BCUT2D eigenvalue weighted by Crippen LogP contribution is 2.68. The van der Waals surface area contributed by atoms with Crippen molar-refractivity contribution >= 4 is 11.8 Å². The van der Waals surface area contributed by atoms with Crippen molar-refractivity contribution in [2.24, 2.45) is 52.1 Å². The fourth-order valence-electron chi connectivity index (χ4n) is 10.3. The summed E-state index contributed by atoms with van der Waals surface area (Å²) in [7, 11) is 0. The van der Waals surface area contributed by atoms with Gasteiger partial charge in [0, 0.05) is 12.5 Å². The molecule has 210 valence electrons. The molecule has 9 atom stereocenters. The number of hydrogen-bond donors (Lipinski definition) is 1. The first-order chi connectivity index (χ1) is 18.0. The van der Waals surface area contributed by atoms with Crippen molar-refractivity contribution in [2.75, 3.05) is 6.61 Å². The first-order valence-electron chi connectivity index (χ1n) is 15.5. The highest BCUT2D eigenvalue weighted by Gasteiger charge is 2.60. The van der Waals surface area contributed by atoms with Gasteiger partial charge in [0.05, 0.1) is 5.56 Å². The summed E-state index contributed by atoms with van der Waals surface area (Å²) in [4.78, 5) is 25.3. The SMILES string of the molecule is Cc1cccc(C)c1C(=O)OCC(=O)CC[C@@H](C)[C@H]1CC[C@H]2[C@@H]3CC[C@@H]4C[C@H](N)CC[C@]4(C)[C@H]3CC[C@]12C. The highest BCUT2D eigenvalue weighted by molar-refractivity contribution is 5.94. The molecule has 0 radical (unpaired) electrons. The zero-order chi connectivity index (χ0) is 27.2. The molecule has 38 heavy (non-hydrogen) atoms. The molecule has 0 saturated heterocycles. The quantitative estimate of drug-likeness (QED) is 0.379. The fourth-order valence-corrected chi connectivity index (χ4v) is 10.3. The number of carbonyl (C=O) groups excluding carboxylic acids is 2. The van der Waals surface area contributed by atoms with Crippen LogP contribution in [0, 0.1) is 60.2 Å². The summed E-state index contributed by atoms with van der Waals surface area (Å²) < 4.78 is 5.44. The van der Waals surface area contributed by atoms with Crippen molar-refractivity contribution in [1.29, 1.82) is 0 Å². The third kappa shape index (κ3) is 4.88. The highest BCUT2D eigenvalue weighted by atomic mass is 16.5. The Balaban J connectivity index is 1.16. The van der Waals surface area contributed by atoms with Crippen LogP contribution in [0.1, 0.15) is 113 Å². The molecule has 2 N–H and O–H groups in total. The molecule has 4 aliphatic carbocycles. The van der Waals surface area contributed by atoms with Crippen molar-refractivity contribution in [3.05, 3.63) is 34.9 Å². The second-order valence-electron chi connectivity index (χ2n) is 14.3. The first-order valence-corrected chi connectivity index (χ1v) is 15.5. The van der Waals surface area contributed by atoms with Gasteiger partial charge in [-0.2, -0.15) is 0 Å². The zero-order valence-electron chi connectivity index (χ0n) is 24.6. The van der Waals surface area contributed by atoms with Crippen LogP contribution < -0.4 is 5.73 Å². The van der Waals surface area contributed by atoms with Crippen molar-refractivity contribution in [2.45, 2.75) is 111 Å². The number of benzene rings is 1. The summed E-state index contributed by atoms with van der Waals surface area (Å²) in [6.45, 7) is 11.3. The summed E-state index contributed by atoms with van der Waals surface area (Å²) in [6, 6.07) is 6.18. The average molecular weight is 522 g/mol. The van der Waals surface area contributed by atoms with Crippen molar-refractivity contribution in [3.8, 4) is 0 Å². The predicted octanol–water partition coefficient (Wildman–Crippen LogP) is 7.43. The van der Waals surface area contributed by atoms with Gasteiger partial charge in [0.2, 0.25) is 0 Å². The molecule has 0 aromatic heterocycles. The van der Waals surface area contributed by atoms with Crippen molar-refractivity contribution in [3.63, 3.8) is 0 Å². The third-order valence-electron chi connectivity index (χ3n) is 12.4. The Hall–Kier alpha value is -1.68. The van der Waals surface area contributed by atoms with Gasteiger partial charge in [-0.3, -0.25) is 4.79 Å². The molecule has 0 unspecified atom stereocenters. The van der Waals surface area contributed by atoms with E-state index in [1.165, 1.54) is 57.8 Å². The Morgan fingerprint density at radius 3 is 2.39 bits per heavy atom. The number of hydrogen-bond acceptors (Lipinski definition) is 4. The standard InChI is InChI=1S/C34H51NO3/c1-21(9-11-26(36)20-38-32(37)31-22(2)7-6-8-23(31)3)28-13-14-29-27-12-10-24-19-25(35)15-17-33(24,4)30(27)16-18-34(28,29)5/h6-8,21,24-25,27-30H,9-20,35H2,1-5H3/t21-,24-,25-,27+,28-,29+,30+,33+,34-/m1/s1. The summed E-state index contributed by atoms with van der Waals surface area (Å²) in [5.74, 6) is 4.33. The lowest BCUT2D eigenvalue weighted by atomic mass is 9.44. The van der Waals surface area contributed by atoms with Gasteiger partial charge < -0.3 is 10.5 Å². The van der Waals surface area contributed by atoms with Crippen LogP contribution in [0.3, 0.4) is 0 Å². The van der Waals surface area contributed by atoms with Gasteiger partial charge in [-0.1, -0.05) is 39.0 Å². The Bertz CT molecular complexity index is 1030. The minimum atomic E-state index is -0.381. The maximum Gasteiger partial charge on any atom is 0.339 e. The summed E-state index contributed by atoms with van der Waals surface area (Å²) in [6.07, 6.45) is 13.4. The average Bonchev–Trinajstić information content (AvgIpc) is 3.23. The van der Waals surface area contributed by atoms with Gasteiger partial charge in [-0.15, -0.1) is 0 Å². The van der Waals surface area contributed by atoms with Crippen molar-refractivity contribution < 1.29 is 14.3 Å². The lowest BCUT2D eigenvalue weighted by Crippen LogP contribution is -2.54. The second-order valence-corrected chi connectivity index (χ2v) is 14.3. The summed E-state index contributed by atoms with van der Waals surface area (Å²) >= 11 is 0. The number of ether oxygens (including phenoxy) is 1. The summed E-state index contributed by atoms with van der Waals surface area (Å²) in [5.41, 5.74) is 9.69. The van der Waals surface area contributed by atoms with Crippen molar-refractivity contribution in [1.82, 2.24) is 0 Å². The van der Waals surface area contributed by atoms with Gasteiger partial charge >= 0.3 is 5.97 Å². The number of nitrogens with two attached hydrogens (primary N) is 1. The molecule has 1 aromatic rings. The van der Waals surface area contributed by atoms with Crippen LogP contribution in [-0.2, 0) is 9.53 Å². The minimum Gasteiger partial charge on any atom is -0.454 e. The molecule has 4 aliphatic rings. The summed E-state index contributed by atoms with van der Waals surface area (Å²) in [5, 5.41) is 0. The number of Topliss-reactive ketones (excluding diaryl/α,β-unsaturated/α-hetero) is 1. The first kappa shape index (κ1) is 27.9.